The van der Waals surface area contributed by atoms with Gasteiger partial charge in [-0.05, 0) is 122 Å². The lowest BCUT2D eigenvalue weighted by molar-refractivity contribution is -0.870. The number of hydrogen-bond acceptors (Lipinski definition) is 7. The number of phosphoric ester groups is 1. The van der Waals surface area contributed by atoms with Crippen molar-refractivity contribution in [3.8, 4) is 0 Å². The monoisotopic (exact) mass is 1060 g/mol. The number of phosphoric acid groups is 1. The van der Waals surface area contributed by atoms with Crippen LogP contribution in [-0.2, 0) is 18.4 Å². The maximum atomic E-state index is 13.0. The van der Waals surface area contributed by atoms with Gasteiger partial charge in [0.25, 0.3) is 7.82 Å². The highest BCUT2D eigenvalue weighted by Gasteiger charge is 2.29. The number of likely N-dealkylation sites (N-methyl/N-ethyl adjacent to an activating group) is 1. The fourth-order valence-electron chi connectivity index (χ4n) is 7.90. The molecule has 10 heteroatoms. The maximum Gasteiger partial charge on any atom is 0.268 e. The van der Waals surface area contributed by atoms with E-state index in [1.54, 1.807) is 0 Å². The van der Waals surface area contributed by atoms with Crippen LogP contribution in [0.25, 0.3) is 0 Å². The van der Waals surface area contributed by atoms with E-state index in [-0.39, 0.29) is 18.9 Å². The van der Waals surface area contributed by atoms with Crippen molar-refractivity contribution in [2.75, 3.05) is 40.9 Å². The van der Waals surface area contributed by atoms with E-state index in [0.717, 1.165) is 103 Å². The van der Waals surface area contributed by atoms with E-state index in [1.807, 2.05) is 28.1 Å². The normalized spacial score (nSPS) is 15.3. The Labute approximate surface area is 460 Å². The Morgan fingerprint density at radius 2 is 0.867 bits per heavy atom. The molecule has 0 saturated carbocycles. The van der Waals surface area contributed by atoms with Gasteiger partial charge in [-0.1, -0.05) is 218 Å². The lowest BCUT2D eigenvalue weighted by Gasteiger charge is -2.31. The molecule has 0 aliphatic carbocycles. The summed E-state index contributed by atoms with van der Waals surface area (Å²) < 4.78 is 23.2. The third kappa shape index (κ3) is 55.2. The average molecular weight is 1060 g/mol. The SMILES string of the molecule is C/C=C/CC/C=C/CC/C=C/CCCC(O)C(O)C(COP(=O)([O-])OCC[N+](C)(C)C)NC(=O)CCCCCCCCCCCCCCCC/C=C\C/C=C\C/C=C\C/C=C\C/C=C\C/C=C\C/C=C\C/C=C\CC. The molecule has 0 bridgehead atoms. The van der Waals surface area contributed by atoms with Crippen molar-refractivity contribution in [2.45, 2.75) is 231 Å². The second kappa shape index (κ2) is 54.0. The molecule has 0 aliphatic rings. The molecule has 0 saturated heterocycles. The summed E-state index contributed by atoms with van der Waals surface area (Å²) in [7, 11) is 1.08. The summed E-state index contributed by atoms with van der Waals surface area (Å²) in [6, 6.07) is -1.11. The van der Waals surface area contributed by atoms with E-state index in [9.17, 15) is 24.5 Å². The fourth-order valence-corrected chi connectivity index (χ4v) is 8.62. The predicted molar refractivity (Wildman–Crippen MR) is 321 cm³/mol. The number of aliphatic hydroxyl groups excluding tert-OH is 2. The molecule has 0 radical (unpaired) electrons. The summed E-state index contributed by atoms with van der Waals surface area (Å²) in [5.41, 5.74) is 0. The molecular weight excluding hydrogens is 952 g/mol. The van der Waals surface area contributed by atoms with Crippen LogP contribution >= 0.6 is 7.82 Å². The van der Waals surface area contributed by atoms with Crippen LogP contribution in [0.5, 0.6) is 0 Å². The Balaban J connectivity index is 4.11. The third-order valence-corrected chi connectivity index (χ3v) is 13.5. The fraction of sp³-hybridized carbons (Fsp3) is 0.646. The number of nitrogens with one attached hydrogen (secondary N) is 1. The lowest BCUT2D eigenvalue weighted by atomic mass is 10.0. The maximum absolute atomic E-state index is 13.0. The van der Waals surface area contributed by atoms with Crippen LogP contribution in [0.3, 0.4) is 0 Å². The minimum Gasteiger partial charge on any atom is -0.756 e. The first-order valence-electron chi connectivity index (χ1n) is 29.6. The molecular formula is C65H111N2O7P. The molecule has 1 amide bonds. The van der Waals surface area contributed by atoms with Crippen LogP contribution < -0.4 is 10.2 Å². The topological polar surface area (TPSA) is 128 Å². The van der Waals surface area contributed by atoms with Crippen molar-refractivity contribution in [1.29, 1.82) is 0 Å². The van der Waals surface area contributed by atoms with Crippen LogP contribution in [0.1, 0.15) is 213 Å². The molecule has 428 valence electrons. The Morgan fingerprint density at radius 1 is 0.507 bits per heavy atom. The second-order valence-electron chi connectivity index (χ2n) is 20.7. The van der Waals surface area contributed by atoms with Gasteiger partial charge in [0.05, 0.1) is 39.9 Å². The highest BCUT2D eigenvalue weighted by molar-refractivity contribution is 7.45. The minimum absolute atomic E-state index is 0.0559. The van der Waals surface area contributed by atoms with Crippen LogP contribution in [0.2, 0.25) is 0 Å². The molecule has 0 aromatic carbocycles. The molecule has 4 atom stereocenters. The Bertz CT molecular complexity index is 1700. The Hall–Kier alpha value is -3.40. The molecule has 3 N–H and O–H groups in total. The summed E-state index contributed by atoms with van der Waals surface area (Å²) >= 11 is 0. The van der Waals surface area contributed by atoms with E-state index >= 15 is 0 Å². The number of allylic oxidation sites excluding steroid dienone is 22. The van der Waals surface area contributed by atoms with Crippen LogP contribution in [0.4, 0.5) is 0 Å². The largest absolute Gasteiger partial charge is 0.756 e. The first-order valence-corrected chi connectivity index (χ1v) is 31.0. The van der Waals surface area contributed by atoms with Gasteiger partial charge in [0, 0.05) is 6.42 Å². The number of carbonyl (C=O) groups excluding carboxylic acids is 1. The molecule has 4 unspecified atom stereocenters. The number of amides is 1. The van der Waals surface area contributed by atoms with Crippen LogP contribution in [0, 0.1) is 0 Å². The van der Waals surface area contributed by atoms with Gasteiger partial charge < -0.3 is 34.0 Å². The highest BCUT2D eigenvalue weighted by atomic mass is 31.2. The van der Waals surface area contributed by atoms with Crippen molar-refractivity contribution in [3.05, 3.63) is 134 Å². The number of quaternary nitrogens is 1. The summed E-state index contributed by atoms with van der Waals surface area (Å²) in [6.45, 7) is 4.06. The van der Waals surface area contributed by atoms with E-state index in [0.29, 0.717) is 30.3 Å². The van der Waals surface area contributed by atoms with E-state index < -0.39 is 32.7 Å². The number of aliphatic hydroxyl groups is 2. The number of carbonyl (C=O) groups is 1. The first-order chi connectivity index (χ1) is 36.4. The van der Waals surface area contributed by atoms with Crippen LogP contribution in [0.15, 0.2) is 134 Å². The average Bonchev–Trinajstić information content (AvgIpc) is 3.37. The highest BCUT2D eigenvalue weighted by Crippen LogP contribution is 2.38. The van der Waals surface area contributed by atoms with Crippen molar-refractivity contribution >= 4 is 13.7 Å². The molecule has 0 aliphatic heterocycles. The van der Waals surface area contributed by atoms with Crippen molar-refractivity contribution in [3.63, 3.8) is 0 Å². The van der Waals surface area contributed by atoms with E-state index in [4.69, 9.17) is 9.05 Å². The number of rotatable bonds is 52. The quantitative estimate of drug-likeness (QED) is 0.0240. The first kappa shape index (κ1) is 71.6. The van der Waals surface area contributed by atoms with Gasteiger partial charge in [0.2, 0.25) is 5.91 Å². The smallest absolute Gasteiger partial charge is 0.268 e. The number of nitrogens with zero attached hydrogens (tertiary/aromatic N) is 1. The van der Waals surface area contributed by atoms with Gasteiger partial charge in [-0.15, -0.1) is 0 Å². The third-order valence-electron chi connectivity index (χ3n) is 12.5. The van der Waals surface area contributed by atoms with Gasteiger partial charge in [0.15, 0.2) is 0 Å². The zero-order valence-corrected chi connectivity index (χ0v) is 49.2. The zero-order valence-electron chi connectivity index (χ0n) is 48.3. The summed E-state index contributed by atoms with van der Waals surface area (Å²) in [4.78, 5) is 25.5. The molecule has 0 aromatic heterocycles. The molecule has 0 aromatic rings. The summed E-state index contributed by atoms with van der Waals surface area (Å²) in [5, 5.41) is 24.7. The van der Waals surface area contributed by atoms with Crippen molar-refractivity contribution in [2.24, 2.45) is 0 Å². The molecule has 0 fully saturated rings. The van der Waals surface area contributed by atoms with Gasteiger partial charge in [-0.3, -0.25) is 9.36 Å². The van der Waals surface area contributed by atoms with Gasteiger partial charge in [-0.2, -0.15) is 0 Å². The van der Waals surface area contributed by atoms with Gasteiger partial charge in [-0.25, -0.2) is 0 Å². The Kier molecular flexibility index (Phi) is 51.5. The van der Waals surface area contributed by atoms with Crippen molar-refractivity contribution in [1.82, 2.24) is 5.32 Å². The summed E-state index contributed by atoms with van der Waals surface area (Å²) in [5.74, 6) is -0.301. The Morgan fingerprint density at radius 3 is 1.29 bits per heavy atom. The molecule has 0 spiro atoms. The second-order valence-corrected chi connectivity index (χ2v) is 22.1. The molecule has 9 nitrogen and oxygen atoms in total. The van der Waals surface area contributed by atoms with E-state index in [2.05, 4.69) is 146 Å². The van der Waals surface area contributed by atoms with Crippen molar-refractivity contribution < 1.29 is 38.0 Å². The lowest BCUT2D eigenvalue weighted by Crippen LogP contribution is -2.51. The molecule has 75 heavy (non-hydrogen) atoms. The standard InChI is InChI=1S/C65H111N2O7P/c1-6-8-10-12-14-16-18-20-21-22-23-24-25-26-27-28-29-30-31-32-33-34-35-36-37-38-39-40-41-42-43-44-45-46-48-50-52-54-56-58-64(69)66-62(61-74-75(71,72)73-60-59-67(3,4)5)65(70)63(68)57-55-53-51-49-47-19-17-15-13-11-9-7-2/h7-10,14-17,20-21,23-24,26-27,29-30,32-33,35-36,49,51,62-63,65,68,70H,6,11-13,18-19,22,25,28,31,34,37-48,50,52-61H2,1-5H3,(H-,66,69,71,72)/b9-7+,10-8-,16-14-,17-15+,21-20-,24-23-,27-26-,30-29-,33-32-,36-35-,51-49+. The molecule has 0 heterocycles. The summed E-state index contributed by atoms with van der Waals surface area (Å²) in [6.07, 6.45) is 78.3. The number of hydrogen-bond donors (Lipinski definition) is 3. The number of unbranched alkanes of at least 4 members (excludes halogenated alkanes) is 17. The predicted octanol–water partition coefficient (Wildman–Crippen LogP) is 16.7. The van der Waals surface area contributed by atoms with E-state index in [1.165, 1.54) is 70.6 Å². The van der Waals surface area contributed by atoms with Crippen LogP contribution in [-0.4, -0.2) is 79.8 Å². The minimum atomic E-state index is -4.69. The van der Waals surface area contributed by atoms with Gasteiger partial charge in [0.1, 0.15) is 19.3 Å². The zero-order chi connectivity index (χ0) is 55.0. The van der Waals surface area contributed by atoms with Gasteiger partial charge >= 0.3 is 0 Å². The molecule has 0 rings (SSSR count).